The van der Waals surface area contributed by atoms with Crippen LogP contribution in [-0.4, -0.2) is 52.2 Å². The Morgan fingerprint density at radius 2 is 1.90 bits per heavy atom. The van der Waals surface area contributed by atoms with E-state index in [0.29, 0.717) is 31.1 Å². The normalized spacial score (nSPS) is 19.1. The summed E-state index contributed by atoms with van der Waals surface area (Å²) in [5.74, 6) is 1.44. The number of rotatable bonds is 7. The van der Waals surface area contributed by atoms with E-state index < -0.39 is 6.04 Å². The molecule has 2 amide bonds. The second-order valence-electron chi connectivity index (χ2n) is 8.79. The van der Waals surface area contributed by atoms with Gasteiger partial charge in [-0.1, -0.05) is 17.3 Å². The molecular formula is C23H30N4O4. The standard InChI is InChI=1S/C23H30N4O4/c1-14(25-22(29)20-13-21(31-26-20)17-4-5-17)16-8-10-27(11-9-16)23(30)19(24)12-15-2-6-18(28)7-3-15/h2-3,6-7,13-14,16-17,19,28H,4-5,8-12,24H2,1H3,(H,25,29)/t14?,19-/m0/s1. The summed E-state index contributed by atoms with van der Waals surface area (Å²) >= 11 is 0. The first-order chi connectivity index (χ1) is 14.9. The summed E-state index contributed by atoms with van der Waals surface area (Å²) in [7, 11) is 0. The maximum Gasteiger partial charge on any atom is 0.273 e. The van der Waals surface area contributed by atoms with Crippen molar-refractivity contribution in [1.82, 2.24) is 15.4 Å². The van der Waals surface area contributed by atoms with Gasteiger partial charge in [0.05, 0.1) is 6.04 Å². The molecule has 166 valence electrons. The highest BCUT2D eigenvalue weighted by Crippen LogP contribution is 2.40. The first kappa shape index (κ1) is 21.4. The van der Waals surface area contributed by atoms with Gasteiger partial charge in [0.25, 0.3) is 5.91 Å². The minimum absolute atomic E-state index is 0.0171. The number of nitrogens with zero attached hydrogens (tertiary/aromatic N) is 2. The quantitative estimate of drug-likeness (QED) is 0.624. The van der Waals surface area contributed by atoms with E-state index >= 15 is 0 Å². The predicted molar refractivity (Wildman–Crippen MR) is 114 cm³/mol. The third kappa shape index (κ3) is 5.25. The fraction of sp³-hybridized carbons (Fsp3) is 0.522. The number of piperidine rings is 1. The highest BCUT2D eigenvalue weighted by molar-refractivity contribution is 5.92. The molecule has 1 saturated heterocycles. The Kier molecular flexibility index (Phi) is 6.27. The summed E-state index contributed by atoms with van der Waals surface area (Å²) < 4.78 is 5.27. The number of hydrogen-bond donors (Lipinski definition) is 3. The van der Waals surface area contributed by atoms with Crippen LogP contribution < -0.4 is 11.1 Å². The first-order valence-corrected chi connectivity index (χ1v) is 11.0. The zero-order valence-corrected chi connectivity index (χ0v) is 17.8. The van der Waals surface area contributed by atoms with E-state index in [1.54, 1.807) is 30.3 Å². The molecular weight excluding hydrogens is 396 g/mol. The number of benzene rings is 1. The van der Waals surface area contributed by atoms with Crippen molar-refractivity contribution in [3.8, 4) is 5.75 Å². The lowest BCUT2D eigenvalue weighted by atomic mass is 9.89. The summed E-state index contributed by atoms with van der Waals surface area (Å²) in [5, 5.41) is 16.3. The summed E-state index contributed by atoms with van der Waals surface area (Å²) in [6.07, 6.45) is 4.26. The van der Waals surface area contributed by atoms with E-state index in [2.05, 4.69) is 10.5 Å². The molecule has 1 aromatic heterocycles. The van der Waals surface area contributed by atoms with Crippen LogP contribution in [-0.2, 0) is 11.2 Å². The topological polar surface area (TPSA) is 122 Å². The van der Waals surface area contributed by atoms with Crippen molar-refractivity contribution in [2.24, 2.45) is 11.7 Å². The molecule has 1 unspecified atom stereocenters. The summed E-state index contributed by atoms with van der Waals surface area (Å²) in [4.78, 5) is 27.0. The molecule has 2 aromatic rings. The average molecular weight is 427 g/mol. The van der Waals surface area contributed by atoms with Crippen molar-refractivity contribution >= 4 is 11.8 Å². The van der Waals surface area contributed by atoms with Crippen LogP contribution in [0.1, 0.15) is 60.3 Å². The van der Waals surface area contributed by atoms with Gasteiger partial charge in [-0.25, -0.2) is 0 Å². The molecule has 2 heterocycles. The van der Waals surface area contributed by atoms with Crippen LogP contribution in [0.25, 0.3) is 0 Å². The van der Waals surface area contributed by atoms with Gasteiger partial charge in [-0.3, -0.25) is 9.59 Å². The first-order valence-electron chi connectivity index (χ1n) is 11.0. The van der Waals surface area contributed by atoms with Crippen molar-refractivity contribution in [2.45, 2.75) is 57.0 Å². The molecule has 1 aliphatic heterocycles. The molecule has 1 saturated carbocycles. The van der Waals surface area contributed by atoms with Gasteiger partial charge in [-0.05, 0) is 62.6 Å². The van der Waals surface area contributed by atoms with Crippen LogP contribution in [0.5, 0.6) is 5.75 Å². The van der Waals surface area contributed by atoms with E-state index in [9.17, 15) is 14.7 Å². The highest BCUT2D eigenvalue weighted by Gasteiger charge is 2.31. The van der Waals surface area contributed by atoms with Crippen molar-refractivity contribution in [3.05, 3.63) is 47.3 Å². The number of nitrogens with one attached hydrogen (secondary N) is 1. The molecule has 4 rings (SSSR count). The maximum absolute atomic E-state index is 12.7. The molecule has 2 aliphatic rings. The highest BCUT2D eigenvalue weighted by atomic mass is 16.5. The molecule has 1 aliphatic carbocycles. The van der Waals surface area contributed by atoms with Crippen molar-refractivity contribution in [3.63, 3.8) is 0 Å². The predicted octanol–water partition coefficient (Wildman–Crippen LogP) is 2.18. The Morgan fingerprint density at radius 1 is 1.23 bits per heavy atom. The lowest BCUT2D eigenvalue weighted by Gasteiger charge is -2.36. The zero-order valence-electron chi connectivity index (χ0n) is 17.8. The monoisotopic (exact) mass is 426 g/mol. The van der Waals surface area contributed by atoms with Gasteiger partial charge in [-0.15, -0.1) is 0 Å². The number of carbonyl (C=O) groups is 2. The molecule has 31 heavy (non-hydrogen) atoms. The van der Waals surface area contributed by atoms with Gasteiger partial charge in [0.1, 0.15) is 11.5 Å². The molecule has 2 atom stereocenters. The molecule has 1 aromatic carbocycles. The number of phenolic OH excluding ortho intramolecular Hbond substituents is 1. The summed E-state index contributed by atoms with van der Waals surface area (Å²) in [6, 6.07) is 7.88. The van der Waals surface area contributed by atoms with Crippen LogP contribution in [0.15, 0.2) is 34.9 Å². The minimum atomic E-state index is -0.606. The Labute approximate surface area is 181 Å². The summed E-state index contributed by atoms with van der Waals surface area (Å²) in [6.45, 7) is 3.25. The fourth-order valence-electron chi connectivity index (χ4n) is 4.18. The van der Waals surface area contributed by atoms with Gasteiger partial charge in [0.2, 0.25) is 5.91 Å². The second kappa shape index (κ2) is 9.09. The van der Waals surface area contributed by atoms with E-state index in [-0.39, 0.29) is 29.5 Å². The van der Waals surface area contributed by atoms with Gasteiger partial charge >= 0.3 is 0 Å². The number of nitrogens with two attached hydrogens (primary N) is 1. The van der Waals surface area contributed by atoms with E-state index in [1.165, 1.54) is 0 Å². The summed E-state index contributed by atoms with van der Waals surface area (Å²) in [5.41, 5.74) is 7.40. The molecule has 8 heteroatoms. The Balaban J connectivity index is 1.23. The van der Waals surface area contributed by atoms with Crippen molar-refractivity contribution < 1.29 is 19.2 Å². The van der Waals surface area contributed by atoms with Crippen molar-refractivity contribution in [2.75, 3.05) is 13.1 Å². The average Bonchev–Trinajstić information content (AvgIpc) is 3.51. The minimum Gasteiger partial charge on any atom is -0.508 e. The third-order valence-corrected chi connectivity index (χ3v) is 6.37. The number of aromatic nitrogens is 1. The van der Waals surface area contributed by atoms with Crippen LogP contribution >= 0.6 is 0 Å². The molecule has 8 nitrogen and oxygen atoms in total. The number of carbonyl (C=O) groups excluding carboxylic acids is 2. The number of amides is 2. The smallest absolute Gasteiger partial charge is 0.273 e. The maximum atomic E-state index is 12.7. The van der Waals surface area contributed by atoms with Crippen LogP contribution in [0.2, 0.25) is 0 Å². The Bertz CT molecular complexity index is 914. The number of aromatic hydroxyl groups is 1. The van der Waals surface area contributed by atoms with E-state index in [4.69, 9.17) is 10.3 Å². The third-order valence-electron chi connectivity index (χ3n) is 6.37. The van der Waals surface area contributed by atoms with Gasteiger partial charge in [-0.2, -0.15) is 0 Å². The Hall–Kier alpha value is -2.87. The zero-order chi connectivity index (χ0) is 22.0. The van der Waals surface area contributed by atoms with Gasteiger partial charge in [0.15, 0.2) is 5.69 Å². The molecule has 0 bridgehead atoms. The number of phenols is 1. The molecule has 0 radical (unpaired) electrons. The van der Waals surface area contributed by atoms with Crippen LogP contribution in [0.3, 0.4) is 0 Å². The lowest BCUT2D eigenvalue weighted by molar-refractivity contribution is -0.134. The lowest BCUT2D eigenvalue weighted by Crippen LogP contribution is -2.50. The van der Waals surface area contributed by atoms with Crippen LogP contribution in [0.4, 0.5) is 0 Å². The fourth-order valence-corrected chi connectivity index (χ4v) is 4.18. The SMILES string of the molecule is CC(NC(=O)c1cc(C2CC2)on1)C1CCN(C(=O)[C@@H](N)Cc2ccc(O)cc2)CC1. The molecule has 0 spiro atoms. The van der Waals surface area contributed by atoms with Crippen LogP contribution in [0, 0.1) is 5.92 Å². The number of hydrogen-bond acceptors (Lipinski definition) is 6. The van der Waals surface area contributed by atoms with Crippen molar-refractivity contribution in [1.29, 1.82) is 0 Å². The molecule has 2 fully saturated rings. The largest absolute Gasteiger partial charge is 0.508 e. The Morgan fingerprint density at radius 3 is 2.55 bits per heavy atom. The van der Waals surface area contributed by atoms with E-state index in [0.717, 1.165) is 37.0 Å². The van der Waals surface area contributed by atoms with Gasteiger partial charge < -0.3 is 25.6 Å². The number of likely N-dealkylation sites (tertiary alicyclic amines) is 1. The molecule has 4 N–H and O–H groups in total. The second-order valence-corrected chi connectivity index (χ2v) is 8.79. The van der Waals surface area contributed by atoms with Gasteiger partial charge in [0, 0.05) is 31.1 Å². The van der Waals surface area contributed by atoms with E-state index in [1.807, 2.05) is 11.8 Å².